The molecule has 66 valence electrons. The highest BCUT2D eigenvalue weighted by Gasteiger charge is 2.23. The van der Waals surface area contributed by atoms with Gasteiger partial charge in [-0.25, -0.2) is 0 Å². The van der Waals surface area contributed by atoms with E-state index in [9.17, 15) is 5.11 Å². The molecule has 1 unspecified atom stereocenters. The van der Waals surface area contributed by atoms with Gasteiger partial charge in [0.15, 0.2) is 0 Å². The summed E-state index contributed by atoms with van der Waals surface area (Å²) in [6.07, 6.45) is 10.5. The fourth-order valence-electron chi connectivity index (χ4n) is 1.46. The molecule has 0 saturated carbocycles. The lowest BCUT2D eigenvalue weighted by Gasteiger charge is -2.26. The normalized spacial score (nSPS) is 21.3. The van der Waals surface area contributed by atoms with Crippen molar-refractivity contribution in [1.29, 1.82) is 0 Å². The minimum atomic E-state index is -0.688. The summed E-state index contributed by atoms with van der Waals surface area (Å²) in [5.41, 5.74) is 0.428. The first-order valence-corrected chi connectivity index (χ1v) is 4.36. The Hall–Kier alpha value is -0.820. The Kier molecular flexibility index (Phi) is 2.88. The molecule has 0 bridgehead atoms. The molecule has 1 aliphatic rings. The second-order valence-corrected chi connectivity index (χ2v) is 3.43. The van der Waals surface area contributed by atoms with E-state index in [4.69, 9.17) is 0 Å². The lowest BCUT2D eigenvalue weighted by atomic mass is 9.87. The van der Waals surface area contributed by atoms with Gasteiger partial charge >= 0.3 is 0 Å². The van der Waals surface area contributed by atoms with E-state index in [-0.39, 0.29) is 0 Å². The second kappa shape index (κ2) is 3.72. The quantitative estimate of drug-likeness (QED) is 0.636. The van der Waals surface area contributed by atoms with Gasteiger partial charge in [-0.2, -0.15) is 0 Å². The van der Waals surface area contributed by atoms with Crippen LogP contribution in [0.1, 0.15) is 26.2 Å². The molecule has 1 aliphatic carbocycles. The molecule has 1 atom stereocenters. The largest absolute Gasteiger partial charge is 0.385 e. The molecular formula is C11H16O. The maximum absolute atomic E-state index is 9.97. The molecule has 1 nitrogen and oxygen atoms in total. The fraction of sp³-hybridized carbons (Fsp3) is 0.455. The van der Waals surface area contributed by atoms with Crippen LogP contribution in [-0.4, -0.2) is 10.7 Å². The number of rotatable bonds is 3. The third-order valence-electron chi connectivity index (χ3n) is 2.25. The SMILES string of the molecule is C=CCC(C)(O)C1=CC=CCC1. The van der Waals surface area contributed by atoms with Crippen molar-refractivity contribution in [1.82, 2.24) is 0 Å². The van der Waals surface area contributed by atoms with E-state index >= 15 is 0 Å². The van der Waals surface area contributed by atoms with Gasteiger partial charge in [0.05, 0.1) is 5.60 Å². The fourth-order valence-corrected chi connectivity index (χ4v) is 1.46. The number of hydrogen-bond acceptors (Lipinski definition) is 1. The zero-order valence-electron chi connectivity index (χ0n) is 7.59. The van der Waals surface area contributed by atoms with Crippen molar-refractivity contribution < 1.29 is 5.11 Å². The Morgan fingerprint density at radius 3 is 3.00 bits per heavy atom. The minimum Gasteiger partial charge on any atom is -0.385 e. The summed E-state index contributed by atoms with van der Waals surface area (Å²) in [6.45, 7) is 5.48. The van der Waals surface area contributed by atoms with Crippen LogP contribution in [-0.2, 0) is 0 Å². The van der Waals surface area contributed by atoms with Gasteiger partial charge in [-0.1, -0.05) is 24.3 Å². The van der Waals surface area contributed by atoms with Crippen LogP contribution in [0, 0.1) is 0 Å². The van der Waals surface area contributed by atoms with Gasteiger partial charge < -0.3 is 5.11 Å². The van der Waals surface area contributed by atoms with Gasteiger partial charge in [-0.3, -0.25) is 0 Å². The topological polar surface area (TPSA) is 20.2 Å². The summed E-state index contributed by atoms with van der Waals surface area (Å²) in [5, 5.41) is 9.97. The number of hydrogen-bond donors (Lipinski definition) is 1. The van der Waals surface area contributed by atoms with Gasteiger partial charge in [0.2, 0.25) is 0 Å². The first-order chi connectivity index (χ1) is 5.67. The van der Waals surface area contributed by atoms with Crippen LogP contribution in [0.15, 0.2) is 36.5 Å². The predicted octanol–water partition coefficient (Wildman–Crippen LogP) is 2.59. The molecule has 0 aliphatic heterocycles. The van der Waals surface area contributed by atoms with Crippen LogP contribution in [0.4, 0.5) is 0 Å². The highest BCUT2D eigenvalue weighted by atomic mass is 16.3. The maximum atomic E-state index is 9.97. The third-order valence-corrected chi connectivity index (χ3v) is 2.25. The molecule has 1 N–H and O–H groups in total. The molecule has 0 aromatic heterocycles. The number of aliphatic hydroxyl groups is 1. The van der Waals surface area contributed by atoms with Crippen molar-refractivity contribution in [2.75, 3.05) is 0 Å². The number of allylic oxidation sites excluding steroid dienone is 3. The minimum absolute atomic E-state index is 0.632. The van der Waals surface area contributed by atoms with E-state index in [1.54, 1.807) is 6.08 Å². The van der Waals surface area contributed by atoms with Gasteiger partial charge in [0, 0.05) is 0 Å². The van der Waals surface area contributed by atoms with Crippen LogP contribution in [0.5, 0.6) is 0 Å². The Balaban J connectivity index is 2.72. The van der Waals surface area contributed by atoms with Crippen molar-refractivity contribution in [2.24, 2.45) is 0 Å². The van der Waals surface area contributed by atoms with Crippen LogP contribution in [0.3, 0.4) is 0 Å². The molecule has 0 aromatic carbocycles. The molecule has 0 fully saturated rings. The van der Waals surface area contributed by atoms with Crippen molar-refractivity contribution in [2.45, 2.75) is 31.8 Å². The summed E-state index contributed by atoms with van der Waals surface area (Å²) in [6, 6.07) is 0. The first-order valence-electron chi connectivity index (χ1n) is 4.36. The summed E-state index contributed by atoms with van der Waals surface area (Å²) >= 11 is 0. The van der Waals surface area contributed by atoms with Gasteiger partial charge in [-0.15, -0.1) is 6.58 Å². The summed E-state index contributed by atoms with van der Waals surface area (Å²) in [4.78, 5) is 0. The van der Waals surface area contributed by atoms with Crippen molar-refractivity contribution in [3.05, 3.63) is 36.5 Å². The highest BCUT2D eigenvalue weighted by Crippen LogP contribution is 2.27. The van der Waals surface area contributed by atoms with Crippen LogP contribution in [0.25, 0.3) is 0 Å². The van der Waals surface area contributed by atoms with Gasteiger partial charge in [0.1, 0.15) is 0 Å². The Morgan fingerprint density at radius 1 is 1.75 bits per heavy atom. The first kappa shape index (κ1) is 9.27. The second-order valence-electron chi connectivity index (χ2n) is 3.43. The van der Waals surface area contributed by atoms with Crippen LogP contribution < -0.4 is 0 Å². The Bertz CT molecular complexity index is 221. The van der Waals surface area contributed by atoms with E-state index in [1.807, 2.05) is 19.1 Å². The van der Waals surface area contributed by atoms with E-state index in [2.05, 4.69) is 12.7 Å². The molecule has 0 radical (unpaired) electrons. The highest BCUT2D eigenvalue weighted by molar-refractivity contribution is 5.25. The van der Waals surface area contributed by atoms with Crippen molar-refractivity contribution in [3.8, 4) is 0 Å². The molecule has 1 heteroatoms. The monoisotopic (exact) mass is 164 g/mol. The Morgan fingerprint density at radius 2 is 2.50 bits per heavy atom. The van der Waals surface area contributed by atoms with Gasteiger partial charge in [-0.05, 0) is 31.8 Å². The third kappa shape index (κ3) is 2.08. The molecule has 12 heavy (non-hydrogen) atoms. The molecule has 0 spiro atoms. The molecule has 0 saturated heterocycles. The average Bonchev–Trinajstić information content (AvgIpc) is 2.06. The van der Waals surface area contributed by atoms with Crippen molar-refractivity contribution >= 4 is 0 Å². The summed E-state index contributed by atoms with van der Waals surface area (Å²) < 4.78 is 0. The van der Waals surface area contributed by atoms with E-state index in [0.29, 0.717) is 6.42 Å². The smallest absolute Gasteiger partial charge is 0.0866 e. The molecule has 0 amide bonds. The molecule has 1 rings (SSSR count). The molecule has 0 heterocycles. The Labute approximate surface area is 74.1 Å². The van der Waals surface area contributed by atoms with Crippen LogP contribution >= 0.6 is 0 Å². The van der Waals surface area contributed by atoms with Crippen LogP contribution in [0.2, 0.25) is 0 Å². The standard InChI is InChI=1S/C11H16O/c1-3-9-11(2,12)10-7-5-4-6-8-10/h3-5,7,12H,1,6,8-9H2,2H3. The molecule has 0 aromatic rings. The zero-order chi connectivity index (χ0) is 9.03. The lowest BCUT2D eigenvalue weighted by Crippen LogP contribution is -2.26. The average molecular weight is 164 g/mol. The van der Waals surface area contributed by atoms with Gasteiger partial charge in [0.25, 0.3) is 0 Å². The summed E-state index contributed by atoms with van der Waals surface area (Å²) in [5.74, 6) is 0. The van der Waals surface area contributed by atoms with Crippen molar-refractivity contribution in [3.63, 3.8) is 0 Å². The summed E-state index contributed by atoms with van der Waals surface area (Å²) in [7, 11) is 0. The zero-order valence-corrected chi connectivity index (χ0v) is 7.59. The maximum Gasteiger partial charge on any atom is 0.0866 e. The van der Waals surface area contributed by atoms with E-state index in [0.717, 1.165) is 18.4 Å². The molecular weight excluding hydrogens is 148 g/mol. The predicted molar refractivity (Wildman–Crippen MR) is 51.9 cm³/mol. The van der Waals surface area contributed by atoms with E-state index in [1.165, 1.54) is 0 Å². The lowest BCUT2D eigenvalue weighted by molar-refractivity contribution is 0.0981. The van der Waals surface area contributed by atoms with E-state index < -0.39 is 5.60 Å².